The van der Waals surface area contributed by atoms with Gasteiger partial charge in [-0.1, -0.05) is 6.92 Å². The van der Waals surface area contributed by atoms with Crippen LogP contribution < -0.4 is 0 Å². The van der Waals surface area contributed by atoms with Crippen molar-refractivity contribution < 1.29 is 27.0 Å². The van der Waals surface area contributed by atoms with Gasteiger partial charge < -0.3 is 9.47 Å². The highest BCUT2D eigenvalue weighted by atomic mass is 19.3. The summed E-state index contributed by atoms with van der Waals surface area (Å²) in [5.41, 5.74) is 0. The predicted molar refractivity (Wildman–Crippen MR) is 91.3 cm³/mol. The number of rotatable bonds is 4. The standard InChI is InChI=1S/C20H30F4O2/c1-12-2-7-18(25-10-12)14-5-3-13(4-6-14)15-8-16(21)20(17(22)9-15)26-11-19(23)24/h11-18,20H,2-10H2,1H3. The van der Waals surface area contributed by atoms with Crippen molar-refractivity contribution in [1.29, 1.82) is 0 Å². The van der Waals surface area contributed by atoms with E-state index in [1.807, 2.05) is 0 Å². The van der Waals surface area contributed by atoms with Gasteiger partial charge in [-0.05, 0) is 75.0 Å². The second-order valence-corrected chi connectivity index (χ2v) is 8.50. The maximum atomic E-state index is 14.3. The largest absolute Gasteiger partial charge is 0.486 e. The first kappa shape index (κ1) is 20.0. The van der Waals surface area contributed by atoms with Crippen LogP contribution in [0.2, 0.25) is 0 Å². The maximum absolute atomic E-state index is 14.3. The highest BCUT2D eigenvalue weighted by molar-refractivity contribution is 4.93. The Morgan fingerprint density at radius 1 is 0.885 bits per heavy atom. The molecule has 4 unspecified atom stereocenters. The van der Waals surface area contributed by atoms with E-state index in [0.29, 0.717) is 23.9 Å². The molecule has 2 aliphatic carbocycles. The van der Waals surface area contributed by atoms with Crippen molar-refractivity contribution in [2.24, 2.45) is 23.7 Å². The molecule has 2 saturated carbocycles. The van der Waals surface area contributed by atoms with Gasteiger partial charge in [0.2, 0.25) is 0 Å². The minimum atomic E-state index is -2.07. The lowest BCUT2D eigenvalue weighted by molar-refractivity contribution is -0.0716. The Morgan fingerprint density at radius 3 is 2.04 bits per heavy atom. The van der Waals surface area contributed by atoms with Crippen molar-refractivity contribution in [2.75, 3.05) is 6.61 Å². The maximum Gasteiger partial charge on any atom is 0.304 e. The molecule has 1 aliphatic heterocycles. The van der Waals surface area contributed by atoms with E-state index in [9.17, 15) is 17.6 Å². The number of hydrogen-bond acceptors (Lipinski definition) is 2. The normalized spacial score (nSPS) is 44.3. The summed E-state index contributed by atoms with van der Waals surface area (Å²) in [6.45, 7) is 3.06. The third-order valence-corrected chi connectivity index (χ3v) is 6.63. The van der Waals surface area contributed by atoms with Crippen LogP contribution in [-0.4, -0.2) is 31.2 Å². The average molecular weight is 378 g/mol. The van der Waals surface area contributed by atoms with Crippen molar-refractivity contribution >= 4 is 0 Å². The molecular formula is C20H30F4O2. The predicted octanol–water partition coefficient (Wildman–Crippen LogP) is 5.82. The van der Waals surface area contributed by atoms with E-state index in [1.54, 1.807) is 0 Å². The van der Waals surface area contributed by atoms with E-state index in [2.05, 4.69) is 11.7 Å². The summed E-state index contributed by atoms with van der Waals surface area (Å²) in [5, 5.41) is 0. The Labute approximate surface area is 153 Å². The lowest BCUT2D eigenvalue weighted by Gasteiger charge is -2.42. The van der Waals surface area contributed by atoms with E-state index >= 15 is 0 Å². The molecule has 2 nitrogen and oxygen atoms in total. The third kappa shape index (κ3) is 4.93. The first-order valence-electron chi connectivity index (χ1n) is 10.0. The molecule has 0 aromatic carbocycles. The molecule has 1 heterocycles. The highest BCUT2D eigenvalue weighted by Gasteiger charge is 2.43. The van der Waals surface area contributed by atoms with Crippen molar-refractivity contribution in [3.8, 4) is 0 Å². The molecule has 3 rings (SSSR count). The van der Waals surface area contributed by atoms with Crippen LogP contribution in [0.3, 0.4) is 0 Å². The van der Waals surface area contributed by atoms with Gasteiger partial charge in [-0.25, -0.2) is 8.78 Å². The molecule has 6 heteroatoms. The molecule has 0 spiro atoms. The molecule has 26 heavy (non-hydrogen) atoms. The van der Waals surface area contributed by atoms with Gasteiger partial charge in [0.05, 0.1) is 6.10 Å². The fourth-order valence-electron chi connectivity index (χ4n) is 5.12. The van der Waals surface area contributed by atoms with Crippen LogP contribution >= 0.6 is 0 Å². The van der Waals surface area contributed by atoms with Gasteiger partial charge in [-0.3, -0.25) is 0 Å². The van der Waals surface area contributed by atoms with Crippen LogP contribution in [0.25, 0.3) is 0 Å². The van der Waals surface area contributed by atoms with Crippen LogP contribution in [0.15, 0.2) is 12.3 Å². The topological polar surface area (TPSA) is 18.5 Å². The number of hydrogen-bond donors (Lipinski definition) is 0. The minimum Gasteiger partial charge on any atom is -0.486 e. The summed E-state index contributed by atoms with van der Waals surface area (Å²) < 4.78 is 63.4. The summed E-state index contributed by atoms with van der Waals surface area (Å²) in [4.78, 5) is 0. The van der Waals surface area contributed by atoms with E-state index < -0.39 is 24.5 Å². The van der Waals surface area contributed by atoms with Crippen LogP contribution in [0.4, 0.5) is 17.6 Å². The molecule has 0 aromatic heterocycles. The minimum absolute atomic E-state index is 0.0210. The van der Waals surface area contributed by atoms with Crippen LogP contribution in [-0.2, 0) is 9.47 Å². The Morgan fingerprint density at radius 2 is 1.50 bits per heavy atom. The molecule has 0 N–H and O–H groups in total. The van der Waals surface area contributed by atoms with Crippen molar-refractivity contribution in [1.82, 2.24) is 0 Å². The van der Waals surface area contributed by atoms with Gasteiger partial charge in [-0.2, -0.15) is 8.78 Å². The van der Waals surface area contributed by atoms with Gasteiger partial charge in [0.1, 0.15) is 18.6 Å². The third-order valence-electron chi connectivity index (χ3n) is 6.63. The van der Waals surface area contributed by atoms with E-state index in [1.165, 1.54) is 6.42 Å². The molecule has 150 valence electrons. The zero-order valence-corrected chi connectivity index (χ0v) is 15.4. The molecule has 1 saturated heterocycles. The molecule has 0 bridgehead atoms. The van der Waals surface area contributed by atoms with E-state index in [4.69, 9.17) is 4.74 Å². The van der Waals surface area contributed by atoms with Crippen molar-refractivity contribution in [3.05, 3.63) is 12.3 Å². The number of alkyl halides is 2. The molecule has 3 fully saturated rings. The molecule has 4 atom stereocenters. The van der Waals surface area contributed by atoms with Gasteiger partial charge in [0, 0.05) is 6.61 Å². The summed E-state index contributed by atoms with van der Waals surface area (Å²) in [6, 6.07) is 0. The quantitative estimate of drug-likeness (QED) is 0.453. The summed E-state index contributed by atoms with van der Waals surface area (Å²) in [7, 11) is 0. The number of ether oxygens (including phenoxy) is 2. The molecular weight excluding hydrogens is 348 g/mol. The molecule has 0 radical (unpaired) electrons. The SMILES string of the molecule is CC1CCC(C2CCC(C3CC(F)C(OC=C(F)F)C(F)C3)CC2)OC1. The lowest BCUT2D eigenvalue weighted by atomic mass is 9.68. The zero-order valence-electron chi connectivity index (χ0n) is 15.4. The smallest absolute Gasteiger partial charge is 0.304 e. The monoisotopic (exact) mass is 378 g/mol. The fraction of sp³-hybridized carbons (Fsp3) is 0.900. The Kier molecular flexibility index (Phi) is 6.87. The molecule has 3 aliphatic rings. The second kappa shape index (κ2) is 8.94. The average Bonchev–Trinajstić information content (AvgIpc) is 2.61. The van der Waals surface area contributed by atoms with Crippen molar-refractivity contribution in [3.63, 3.8) is 0 Å². The first-order valence-corrected chi connectivity index (χ1v) is 10.0. The summed E-state index contributed by atoms with van der Waals surface area (Å²) in [5.74, 6) is 1.51. The first-order chi connectivity index (χ1) is 12.4. The Hall–Kier alpha value is -0.780. The summed E-state index contributed by atoms with van der Waals surface area (Å²) >= 11 is 0. The van der Waals surface area contributed by atoms with Gasteiger partial charge >= 0.3 is 6.08 Å². The Bertz CT molecular complexity index is 454. The highest BCUT2D eigenvalue weighted by Crippen LogP contribution is 2.44. The van der Waals surface area contributed by atoms with E-state index in [-0.39, 0.29) is 25.0 Å². The zero-order chi connectivity index (χ0) is 18.7. The Balaban J connectivity index is 1.47. The van der Waals surface area contributed by atoms with Gasteiger partial charge in [-0.15, -0.1) is 0 Å². The molecule has 0 amide bonds. The fourth-order valence-corrected chi connectivity index (χ4v) is 5.12. The van der Waals surface area contributed by atoms with Crippen LogP contribution in [0.5, 0.6) is 0 Å². The van der Waals surface area contributed by atoms with Crippen LogP contribution in [0, 0.1) is 23.7 Å². The van der Waals surface area contributed by atoms with Crippen molar-refractivity contribution in [2.45, 2.75) is 82.8 Å². The van der Waals surface area contributed by atoms with Gasteiger partial charge in [0.25, 0.3) is 0 Å². The number of halogens is 4. The molecule has 0 aromatic rings. The lowest BCUT2D eigenvalue weighted by Crippen LogP contribution is -2.44. The second-order valence-electron chi connectivity index (χ2n) is 8.50. The summed E-state index contributed by atoms with van der Waals surface area (Å²) in [6.07, 6.45) is 0.830. The van der Waals surface area contributed by atoms with Crippen LogP contribution in [0.1, 0.15) is 58.3 Å². The van der Waals surface area contributed by atoms with E-state index in [0.717, 1.165) is 38.7 Å². The van der Waals surface area contributed by atoms with Gasteiger partial charge in [0.15, 0.2) is 6.10 Å².